The van der Waals surface area contributed by atoms with Crippen LogP contribution in [0.25, 0.3) is 11.3 Å². The predicted octanol–water partition coefficient (Wildman–Crippen LogP) is 3.34. The number of hydrogen-bond donors (Lipinski definition) is 2. The highest BCUT2D eigenvalue weighted by Crippen LogP contribution is 2.22. The van der Waals surface area contributed by atoms with Crippen molar-refractivity contribution in [2.24, 2.45) is 0 Å². The molecule has 0 aliphatic carbocycles. The Balaban J connectivity index is 1.40. The highest BCUT2D eigenvalue weighted by Gasteiger charge is 2.20. The van der Waals surface area contributed by atoms with Crippen molar-refractivity contribution in [1.29, 1.82) is 0 Å². The second-order valence-electron chi connectivity index (χ2n) is 7.41. The number of amides is 1. The summed E-state index contributed by atoms with van der Waals surface area (Å²) in [5.74, 6) is 2.02. The van der Waals surface area contributed by atoms with E-state index in [1.54, 1.807) is 0 Å². The molecule has 2 N–H and O–H groups in total. The first-order valence-electron chi connectivity index (χ1n) is 10.0. The Kier molecular flexibility index (Phi) is 7.07. The lowest BCUT2D eigenvalue weighted by Gasteiger charge is -2.31. The van der Waals surface area contributed by atoms with E-state index in [0.717, 1.165) is 62.5 Å². The molecule has 0 radical (unpaired) electrons. The normalized spacial score (nSPS) is 15.8. The Morgan fingerprint density at radius 2 is 1.89 bits per heavy atom. The number of carbonyl (C=O) groups excluding carboxylic acids is 1. The second-order valence-corrected chi connectivity index (χ2v) is 7.41. The maximum Gasteiger partial charge on any atom is 0.234 e. The van der Waals surface area contributed by atoms with Crippen LogP contribution >= 0.6 is 0 Å². The number of piperidine rings is 1. The Morgan fingerprint density at radius 3 is 2.59 bits per heavy atom. The zero-order valence-corrected chi connectivity index (χ0v) is 16.5. The molecule has 0 saturated carbocycles. The monoisotopic (exact) mass is 369 g/mol. The molecular weight excluding hydrogens is 338 g/mol. The largest absolute Gasteiger partial charge is 0.460 e. The third-order valence-corrected chi connectivity index (χ3v) is 5.09. The van der Waals surface area contributed by atoms with Crippen LogP contribution in [0, 0.1) is 6.92 Å². The van der Waals surface area contributed by atoms with Crippen LogP contribution in [0.3, 0.4) is 0 Å². The van der Waals surface area contributed by atoms with Crippen molar-refractivity contribution in [2.75, 3.05) is 26.2 Å². The van der Waals surface area contributed by atoms with Crippen LogP contribution in [0.1, 0.15) is 37.5 Å². The fourth-order valence-corrected chi connectivity index (χ4v) is 3.41. The first-order chi connectivity index (χ1) is 13.1. The standard InChI is InChI=1S/C22H31N3O2/c1-3-12-23-22(26)16-25-13-10-19(11-14-25)24-15-20-8-9-21(27-20)18-6-4-17(2)5-7-18/h4-9,19,24H,3,10-16H2,1-2H3,(H,23,26). The fraction of sp³-hybridized carbons (Fsp3) is 0.500. The number of furan rings is 1. The smallest absolute Gasteiger partial charge is 0.234 e. The van der Waals surface area contributed by atoms with Crippen LogP contribution in [0.15, 0.2) is 40.8 Å². The summed E-state index contributed by atoms with van der Waals surface area (Å²) in [6.45, 7) is 8.11. The molecule has 1 aromatic carbocycles. The molecule has 0 spiro atoms. The Labute approximate surface area is 162 Å². The number of rotatable bonds is 8. The van der Waals surface area contributed by atoms with Crippen LogP contribution in [-0.4, -0.2) is 43.0 Å². The molecule has 0 unspecified atom stereocenters. The van der Waals surface area contributed by atoms with Gasteiger partial charge in [0.2, 0.25) is 5.91 Å². The lowest BCUT2D eigenvalue weighted by atomic mass is 10.0. The molecule has 1 saturated heterocycles. The molecule has 1 aromatic heterocycles. The van der Waals surface area contributed by atoms with Crippen LogP contribution < -0.4 is 10.6 Å². The maximum absolute atomic E-state index is 11.8. The minimum absolute atomic E-state index is 0.141. The summed E-state index contributed by atoms with van der Waals surface area (Å²) in [6, 6.07) is 13.0. The summed E-state index contributed by atoms with van der Waals surface area (Å²) in [5, 5.41) is 6.55. The van der Waals surface area contributed by atoms with Crippen molar-refractivity contribution in [3.05, 3.63) is 47.7 Å². The minimum atomic E-state index is 0.141. The number of likely N-dealkylation sites (tertiary alicyclic amines) is 1. The first kappa shape index (κ1) is 19.6. The van der Waals surface area contributed by atoms with Crippen LogP contribution in [0.4, 0.5) is 0 Å². The maximum atomic E-state index is 11.8. The average Bonchev–Trinajstić information content (AvgIpc) is 3.15. The molecular formula is C22H31N3O2. The number of benzene rings is 1. The highest BCUT2D eigenvalue weighted by atomic mass is 16.3. The van der Waals surface area contributed by atoms with Gasteiger partial charge >= 0.3 is 0 Å². The van der Waals surface area contributed by atoms with Gasteiger partial charge in [-0.05, 0) is 38.3 Å². The first-order valence-corrected chi connectivity index (χ1v) is 10.0. The quantitative estimate of drug-likeness (QED) is 0.749. The SMILES string of the molecule is CCCNC(=O)CN1CCC(NCc2ccc(-c3ccc(C)cc3)o2)CC1. The highest BCUT2D eigenvalue weighted by molar-refractivity contribution is 5.77. The Hall–Kier alpha value is -2.11. The lowest BCUT2D eigenvalue weighted by Crippen LogP contribution is -2.46. The molecule has 3 rings (SSSR count). The second kappa shape index (κ2) is 9.72. The van der Waals surface area contributed by atoms with Gasteiger partial charge in [-0.2, -0.15) is 0 Å². The number of aryl methyl sites for hydroxylation is 1. The lowest BCUT2D eigenvalue weighted by molar-refractivity contribution is -0.122. The van der Waals surface area contributed by atoms with Gasteiger partial charge < -0.3 is 15.1 Å². The zero-order chi connectivity index (χ0) is 19.1. The van der Waals surface area contributed by atoms with E-state index in [0.29, 0.717) is 12.6 Å². The van der Waals surface area contributed by atoms with Crippen LogP contribution in [0.2, 0.25) is 0 Å². The van der Waals surface area contributed by atoms with Crippen molar-refractivity contribution in [1.82, 2.24) is 15.5 Å². The van der Waals surface area contributed by atoms with Gasteiger partial charge in [-0.15, -0.1) is 0 Å². The zero-order valence-electron chi connectivity index (χ0n) is 16.5. The molecule has 1 fully saturated rings. The van der Waals surface area contributed by atoms with Gasteiger partial charge in [0, 0.05) is 31.2 Å². The molecule has 0 bridgehead atoms. The summed E-state index contributed by atoms with van der Waals surface area (Å²) in [5.41, 5.74) is 2.36. The summed E-state index contributed by atoms with van der Waals surface area (Å²) in [4.78, 5) is 14.1. The van der Waals surface area contributed by atoms with Gasteiger partial charge in [-0.25, -0.2) is 0 Å². The van der Waals surface area contributed by atoms with Gasteiger partial charge in [-0.3, -0.25) is 9.69 Å². The number of nitrogens with zero attached hydrogens (tertiary/aromatic N) is 1. The molecule has 1 amide bonds. The predicted molar refractivity (Wildman–Crippen MR) is 108 cm³/mol. The topological polar surface area (TPSA) is 57.5 Å². The molecule has 2 aromatic rings. The van der Waals surface area contributed by atoms with Gasteiger partial charge in [0.25, 0.3) is 0 Å². The van der Waals surface area contributed by atoms with Gasteiger partial charge in [0.05, 0.1) is 13.1 Å². The van der Waals surface area contributed by atoms with Crippen LogP contribution in [0.5, 0.6) is 0 Å². The van der Waals surface area contributed by atoms with Crippen molar-refractivity contribution >= 4 is 5.91 Å². The average molecular weight is 370 g/mol. The number of carbonyl (C=O) groups is 1. The minimum Gasteiger partial charge on any atom is -0.460 e. The summed E-state index contributed by atoms with van der Waals surface area (Å²) >= 11 is 0. The molecule has 5 heteroatoms. The van der Waals surface area contributed by atoms with E-state index in [4.69, 9.17) is 4.42 Å². The third kappa shape index (κ3) is 5.94. The van der Waals surface area contributed by atoms with Crippen molar-refractivity contribution in [3.63, 3.8) is 0 Å². The van der Waals surface area contributed by atoms with Crippen LogP contribution in [-0.2, 0) is 11.3 Å². The van der Waals surface area contributed by atoms with Crippen molar-refractivity contribution in [2.45, 2.75) is 45.7 Å². The molecule has 2 heterocycles. The third-order valence-electron chi connectivity index (χ3n) is 5.09. The number of nitrogens with one attached hydrogen (secondary N) is 2. The Morgan fingerprint density at radius 1 is 1.15 bits per heavy atom. The van der Waals surface area contributed by atoms with E-state index in [-0.39, 0.29) is 5.91 Å². The molecule has 27 heavy (non-hydrogen) atoms. The molecule has 1 aliphatic heterocycles. The summed E-state index contributed by atoms with van der Waals surface area (Å²) < 4.78 is 5.99. The van der Waals surface area contributed by atoms with E-state index < -0.39 is 0 Å². The molecule has 1 aliphatic rings. The van der Waals surface area contributed by atoms with E-state index in [1.165, 1.54) is 5.56 Å². The van der Waals surface area contributed by atoms with Crippen molar-refractivity contribution in [3.8, 4) is 11.3 Å². The van der Waals surface area contributed by atoms with E-state index >= 15 is 0 Å². The molecule has 5 nitrogen and oxygen atoms in total. The summed E-state index contributed by atoms with van der Waals surface area (Å²) in [6.07, 6.45) is 3.11. The fourth-order valence-electron chi connectivity index (χ4n) is 3.41. The van der Waals surface area contributed by atoms with E-state index in [1.807, 2.05) is 6.07 Å². The summed E-state index contributed by atoms with van der Waals surface area (Å²) in [7, 11) is 0. The van der Waals surface area contributed by atoms with Gasteiger partial charge in [0.1, 0.15) is 11.5 Å². The number of hydrogen-bond acceptors (Lipinski definition) is 4. The van der Waals surface area contributed by atoms with Gasteiger partial charge in [-0.1, -0.05) is 36.8 Å². The Bertz CT molecular complexity index is 715. The van der Waals surface area contributed by atoms with E-state index in [2.05, 4.69) is 59.7 Å². The van der Waals surface area contributed by atoms with Crippen molar-refractivity contribution < 1.29 is 9.21 Å². The van der Waals surface area contributed by atoms with Gasteiger partial charge in [0.15, 0.2) is 0 Å². The molecule has 0 atom stereocenters. The van der Waals surface area contributed by atoms with E-state index in [9.17, 15) is 4.79 Å². The molecule has 146 valence electrons.